The summed E-state index contributed by atoms with van der Waals surface area (Å²) < 4.78 is 17.8. The van der Waals surface area contributed by atoms with E-state index in [1.54, 1.807) is 6.92 Å². The van der Waals surface area contributed by atoms with E-state index in [-0.39, 0.29) is 18.9 Å². The van der Waals surface area contributed by atoms with Crippen molar-refractivity contribution in [3.63, 3.8) is 0 Å². The number of guanidine groups is 1. The van der Waals surface area contributed by atoms with Crippen molar-refractivity contribution >= 4 is 23.3 Å². The Bertz CT molecular complexity index is 1300. The number of anilines is 2. The lowest BCUT2D eigenvalue weighted by atomic mass is 10.1. The number of carboxylic acid groups (broad SMARTS) is 1. The third-order valence-electron chi connectivity index (χ3n) is 6.75. The number of aliphatic carboxylic acids is 1. The van der Waals surface area contributed by atoms with Crippen LogP contribution in [0.25, 0.3) is 0 Å². The summed E-state index contributed by atoms with van der Waals surface area (Å²) in [7, 11) is 0. The van der Waals surface area contributed by atoms with Crippen molar-refractivity contribution in [2.75, 3.05) is 31.2 Å². The summed E-state index contributed by atoms with van der Waals surface area (Å²) >= 11 is 0. The molecule has 3 aromatic carbocycles. The Labute approximate surface area is 250 Å². The standard InChI is InChI=1S/C31H39N5O7/c1-2-40-28(30(39)43-35-23(29(37)38)8-7-17-34-31(32)33)20-21-13-15-22(16-14-21)41-19-18-36-24-9-3-5-11-26(24)42-27-12-6-4-10-25(27)36/h3-6,9-16,23,28,30,35,39H,2,7-8,17-20H2,1H3,(H,37,38)(H4,32,33,34)/t23?,28-,30?/m1/s1. The van der Waals surface area contributed by atoms with Gasteiger partial charge in [0.05, 0.1) is 17.9 Å². The normalized spacial score (nSPS) is 14.0. The van der Waals surface area contributed by atoms with Gasteiger partial charge in [-0.05, 0) is 61.7 Å². The first-order valence-corrected chi connectivity index (χ1v) is 14.2. The number of carboxylic acids is 1. The highest BCUT2D eigenvalue weighted by Crippen LogP contribution is 2.45. The van der Waals surface area contributed by atoms with Crippen molar-refractivity contribution in [2.24, 2.45) is 16.5 Å². The largest absolute Gasteiger partial charge is 0.492 e. The fourth-order valence-corrected chi connectivity index (χ4v) is 4.65. The van der Waals surface area contributed by atoms with Crippen molar-refractivity contribution < 1.29 is 34.1 Å². The van der Waals surface area contributed by atoms with Crippen LogP contribution in [0.2, 0.25) is 0 Å². The molecule has 0 bridgehead atoms. The Hall–Kier alpha value is -4.36. The lowest BCUT2D eigenvalue weighted by molar-refractivity contribution is -0.216. The molecule has 230 valence electrons. The third-order valence-corrected chi connectivity index (χ3v) is 6.75. The second-order valence-corrected chi connectivity index (χ2v) is 9.85. The molecular weight excluding hydrogens is 554 g/mol. The molecule has 1 aliphatic rings. The van der Waals surface area contributed by atoms with Gasteiger partial charge in [0.15, 0.2) is 17.5 Å². The van der Waals surface area contributed by atoms with Gasteiger partial charge in [-0.25, -0.2) is 0 Å². The molecule has 0 saturated carbocycles. The minimum Gasteiger partial charge on any atom is -0.492 e. The number of hydrogen-bond acceptors (Lipinski definition) is 9. The van der Waals surface area contributed by atoms with E-state index in [9.17, 15) is 15.0 Å². The molecule has 0 spiro atoms. The highest BCUT2D eigenvalue weighted by molar-refractivity contribution is 5.77. The van der Waals surface area contributed by atoms with Gasteiger partial charge in [0.1, 0.15) is 24.5 Å². The molecule has 3 aromatic rings. The van der Waals surface area contributed by atoms with Crippen LogP contribution < -0.4 is 31.3 Å². The second kappa shape index (κ2) is 15.8. The molecular formula is C31H39N5O7. The Kier molecular flexibility index (Phi) is 11.6. The molecule has 2 unspecified atom stereocenters. The minimum absolute atomic E-state index is 0.0593. The maximum atomic E-state index is 11.6. The highest BCUT2D eigenvalue weighted by Gasteiger charge is 2.25. The third kappa shape index (κ3) is 9.06. The maximum absolute atomic E-state index is 11.6. The van der Waals surface area contributed by atoms with Crippen LogP contribution >= 0.6 is 0 Å². The zero-order valence-electron chi connectivity index (χ0n) is 24.1. The van der Waals surface area contributed by atoms with Gasteiger partial charge in [-0.3, -0.25) is 14.6 Å². The number of aliphatic imine (C=N–C) groups is 1. The lowest BCUT2D eigenvalue weighted by Crippen LogP contribution is -2.44. The first kappa shape index (κ1) is 31.6. The Balaban J connectivity index is 1.29. The number of benzene rings is 3. The monoisotopic (exact) mass is 593 g/mol. The van der Waals surface area contributed by atoms with E-state index in [2.05, 4.69) is 15.4 Å². The second-order valence-electron chi connectivity index (χ2n) is 9.85. The van der Waals surface area contributed by atoms with E-state index < -0.39 is 24.4 Å². The molecule has 1 aliphatic heterocycles. The molecule has 0 saturated heterocycles. The number of hydrogen-bond donors (Lipinski definition) is 5. The quantitative estimate of drug-likeness (QED) is 0.0511. The number of nitrogens with zero attached hydrogens (tertiary/aromatic N) is 2. The number of carbonyl (C=O) groups is 1. The van der Waals surface area contributed by atoms with Crippen molar-refractivity contribution in [3.8, 4) is 17.2 Å². The molecule has 0 radical (unpaired) electrons. The van der Waals surface area contributed by atoms with Gasteiger partial charge in [-0.1, -0.05) is 36.4 Å². The molecule has 3 atom stereocenters. The Morgan fingerprint density at radius 3 is 2.28 bits per heavy atom. The Morgan fingerprint density at radius 1 is 1.02 bits per heavy atom. The fourth-order valence-electron chi connectivity index (χ4n) is 4.65. The number of ether oxygens (including phenoxy) is 3. The number of rotatable bonds is 17. The number of fused-ring (bicyclic) bond motifs is 2. The predicted octanol–water partition coefficient (Wildman–Crippen LogP) is 3.30. The number of aliphatic hydroxyl groups is 1. The van der Waals surface area contributed by atoms with Crippen LogP contribution in [-0.4, -0.2) is 66.9 Å². The van der Waals surface area contributed by atoms with Crippen molar-refractivity contribution in [1.82, 2.24) is 5.48 Å². The van der Waals surface area contributed by atoms with Gasteiger partial charge in [-0.15, -0.1) is 0 Å². The summed E-state index contributed by atoms with van der Waals surface area (Å²) in [5.74, 6) is 1.13. The van der Waals surface area contributed by atoms with E-state index in [1.807, 2.05) is 72.8 Å². The molecule has 12 nitrogen and oxygen atoms in total. The van der Waals surface area contributed by atoms with Gasteiger partial charge in [-0.2, -0.15) is 5.48 Å². The van der Waals surface area contributed by atoms with E-state index in [4.69, 9.17) is 30.5 Å². The van der Waals surface area contributed by atoms with Crippen LogP contribution in [0.3, 0.4) is 0 Å². The molecule has 7 N–H and O–H groups in total. The topological polar surface area (TPSA) is 174 Å². The van der Waals surface area contributed by atoms with Gasteiger partial charge in [0.2, 0.25) is 6.29 Å². The molecule has 1 heterocycles. The zero-order chi connectivity index (χ0) is 30.6. The number of para-hydroxylation sites is 4. The maximum Gasteiger partial charge on any atom is 0.323 e. The summed E-state index contributed by atoms with van der Waals surface area (Å²) in [5, 5.41) is 20.1. The SMILES string of the molecule is CCO[C@H](Cc1ccc(OCCN2c3ccccc3Oc3ccccc32)cc1)C(O)ONC(CCCN=C(N)N)C(=O)O. The number of nitrogens with one attached hydrogen (secondary N) is 1. The van der Waals surface area contributed by atoms with Crippen LogP contribution in [0.5, 0.6) is 17.2 Å². The highest BCUT2D eigenvalue weighted by atomic mass is 16.7. The van der Waals surface area contributed by atoms with E-state index in [0.717, 1.165) is 28.4 Å². The summed E-state index contributed by atoms with van der Waals surface area (Å²) in [6.45, 7) is 3.49. The summed E-state index contributed by atoms with van der Waals surface area (Å²) in [5.41, 5.74) is 15.9. The van der Waals surface area contributed by atoms with Gasteiger partial charge >= 0.3 is 5.97 Å². The first-order valence-electron chi connectivity index (χ1n) is 14.2. The van der Waals surface area contributed by atoms with Crippen LogP contribution in [0.4, 0.5) is 11.4 Å². The lowest BCUT2D eigenvalue weighted by Gasteiger charge is -2.32. The molecule has 12 heteroatoms. The van der Waals surface area contributed by atoms with E-state index in [0.29, 0.717) is 38.3 Å². The van der Waals surface area contributed by atoms with E-state index >= 15 is 0 Å². The molecule has 0 aliphatic carbocycles. The van der Waals surface area contributed by atoms with Crippen LogP contribution in [-0.2, 0) is 20.8 Å². The number of nitrogens with two attached hydrogens (primary N) is 2. The average Bonchev–Trinajstić information content (AvgIpc) is 3.00. The van der Waals surface area contributed by atoms with Crippen LogP contribution in [0, 0.1) is 0 Å². The van der Waals surface area contributed by atoms with Crippen LogP contribution in [0.1, 0.15) is 25.3 Å². The van der Waals surface area contributed by atoms with Gasteiger partial charge in [0.25, 0.3) is 0 Å². The van der Waals surface area contributed by atoms with Crippen molar-refractivity contribution in [3.05, 3.63) is 78.4 Å². The average molecular weight is 594 g/mol. The summed E-state index contributed by atoms with van der Waals surface area (Å²) in [6, 6.07) is 22.3. The molecule has 0 aromatic heterocycles. The van der Waals surface area contributed by atoms with E-state index in [1.165, 1.54) is 0 Å². The number of hydroxylamine groups is 1. The first-order chi connectivity index (χ1) is 20.9. The number of aliphatic hydroxyl groups excluding tert-OH is 1. The van der Waals surface area contributed by atoms with Crippen LogP contribution in [0.15, 0.2) is 77.8 Å². The molecule has 0 fully saturated rings. The minimum atomic E-state index is -1.41. The summed E-state index contributed by atoms with van der Waals surface area (Å²) in [6.07, 6.45) is -1.20. The van der Waals surface area contributed by atoms with Gasteiger partial charge < -0.3 is 40.8 Å². The zero-order valence-corrected chi connectivity index (χ0v) is 24.1. The molecule has 4 rings (SSSR count). The Morgan fingerprint density at radius 2 is 1.67 bits per heavy atom. The van der Waals surface area contributed by atoms with Gasteiger partial charge in [0, 0.05) is 19.6 Å². The smallest absolute Gasteiger partial charge is 0.323 e. The van der Waals surface area contributed by atoms with Crippen molar-refractivity contribution in [1.29, 1.82) is 0 Å². The fraction of sp³-hybridized carbons (Fsp3) is 0.355. The predicted molar refractivity (Wildman–Crippen MR) is 163 cm³/mol. The molecule has 43 heavy (non-hydrogen) atoms. The summed E-state index contributed by atoms with van der Waals surface area (Å²) in [4.78, 5) is 22.9. The van der Waals surface area contributed by atoms with Crippen molar-refractivity contribution in [2.45, 2.75) is 44.6 Å². The molecule has 0 amide bonds.